The molecule has 0 spiro atoms. The Hall–Kier alpha value is -3.56. The van der Waals surface area contributed by atoms with Crippen LogP contribution < -0.4 is 10.4 Å². The van der Waals surface area contributed by atoms with Crippen LogP contribution in [0, 0.1) is 0 Å². The van der Waals surface area contributed by atoms with Gasteiger partial charge in [0.1, 0.15) is 5.69 Å². The van der Waals surface area contributed by atoms with Crippen molar-refractivity contribution < 1.29 is 35.3 Å². The summed E-state index contributed by atoms with van der Waals surface area (Å²) in [7, 11) is 1.52. The Morgan fingerprint density at radius 3 is 1.61 bits per heavy atom. The average molecular weight is 452 g/mol. The van der Waals surface area contributed by atoms with Crippen LogP contribution in [-0.4, -0.2) is 49.3 Å². The molecule has 6 N–H and O–H groups in total. The van der Waals surface area contributed by atoms with Crippen molar-refractivity contribution in [3.63, 3.8) is 0 Å². The summed E-state index contributed by atoms with van der Waals surface area (Å²) in [6.45, 7) is 6.85. The average Bonchev–Trinajstić information content (AvgIpc) is 2.78. The van der Waals surface area contributed by atoms with Crippen molar-refractivity contribution in [2.75, 3.05) is 4.90 Å². The van der Waals surface area contributed by atoms with Gasteiger partial charge in [-0.05, 0) is 52.0 Å². The molecule has 0 aliphatic carbocycles. The molecule has 173 valence electrons. The third-order valence-corrected chi connectivity index (χ3v) is 5.70. The fraction of sp³-hybridized carbons (Fsp3) is 0.250. The first-order valence-corrected chi connectivity index (χ1v) is 10.2. The van der Waals surface area contributed by atoms with Crippen LogP contribution >= 0.6 is 0 Å². The first kappa shape index (κ1) is 24.1. The lowest BCUT2D eigenvalue weighted by Crippen LogP contribution is -2.49. The van der Waals surface area contributed by atoms with Crippen molar-refractivity contribution in [2.45, 2.75) is 38.9 Å². The Balaban J connectivity index is 2.03. The zero-order chi connectivity index (χ0) is 24.6. The van der Waals surface area contributed by atoms with Gasteiger partial charge in [0.15, 0.2) is 11.5 Å². The van der Waals surface area contributed by atoms with Crippen LogP contribution in [0.25, 0.3) is 0 Å². The van der Waals surface area contributed by atoms with E-state index in [0.717, 1.165) is 0 Å². The number of aromatic hydroxyl groups is 5. The molecule has 3 rings (SSSR count). The first-order chi connectivity index (χ1) is 15.3. The predicted molar refractivity (Wildman–Crippen MR) is 126 cm³/mol. The fourth-order valence-corrected chi connectivity index (χ4v) is 2.93. The van der Waals surface area contributed by atoms with E-state index in [1.807, 2.05) is 0 Å². The van der Waals surface area contributed by atoms with E-state index >= 15 is 0 Å². The quantitative estimate of drug-likeness (QED) is 0.182. The molecule has 0 amide bonds. The second-order valence-corrected chi connectivity index (χ2v) is 8.66. The van der Waals surface area contributed by atoms with Gasteiger partial charge in [0, 0.05) is 11.4 Å². The van der Waals surface area contributed by atoms with Gasteiger partial charge < -0.3 is 40.2 Å². The lowest BCUT2D eigenvalue weighted by Gasteiger charge is -2.37. The van der Waals surface area contributed by atoms with E-state index in [1.54, 1.807) is 82.3 Å². The Kier molecular flexibility index (Phi) is 6.40. The number of nitrogens with zero attached hydrogens (tertiary/aromatic N) is 1. The van der Waals surface area contributed by atoms with Gasteiger partial charge in [0.2, 0.25) is 17.2 Å². The van der Waals surface area contributed by atoms with Gasteiger partial charge in [-0.1, -0.05) is 35.8 Å². The predicted octanol–water partition coefficient (Wildman–Crippen LogP) is 3.50. The number of aliphatic hydroxyl groups is 1. The van der Waals surface area contributed by atoms with E-state index in [1.165, 1.54) is 12.4 Å². The number of rotatable bonds is 7. The maximum Gasteiger partial charge on any atom is 0.330 e. The first-order valence-electron chi connectivity index (χ1n) is 10.2. The number of hydrogen-bond donors (Lipinski definition) is 6. The van der Waals surface area contributed by atoms with Crippen LogP contribution in [0.4, 0.5) is 17.1 Å². The van der Waals surface area contributed by atoms with Gasteiger partial charge in [-0.25, -0.2) is 0 Å². The molecule has 0 heterocycles. The van der Waals surface area contributed by atoms with Gasteiger partial charge in [-0.3, -0.25) is 0 Å². The SMILES string of the molecule is CC(C)(O)C(C)(C)O[B]c1ccc(N(c2ccccc2)c2c(O)c(O)c(O)c(O)c2O)cc1. The zero-order valence-corrected chi connectivity index (χ0v) is 18.8. The Labute approximate surface area is 192 Å². The molecule has 0 aliphatic rings. The number of hydrogen-bond acceptors (Lipinski definition) is 8. The van der Waals surface area contributed by atoms with Crippen molar-refractivity contribution >= 4 is 30.0 Å². The largest absolute Gasteiger partial charge is 0.503 e. The zero-order valence-electron chi connectivity index (χ0n) is 18.8. The maximum atomic E-state index is 10.5. The molecule has 3 aromatic rings. The molecule has 0 fully saturated rings. The summed E-state index contributed by atoms with van der Waals surface area (Å²) in [6.07, 6.45) is 0. The Morgan fingerprint density at radius 1 is 0.667 bits per heavy atom. The summed E-state index contributed by atoms with van der Waals surface area (Å²) in [4.78, 5) is 1.41. The number of phenolic OH excluding ortho intramolecular Hbond substituents is 5. The third kappa shape index (κ3) is 4.64. The highest BCUT2D eigenvalue weighted by molar-refractivity contribution is 6.47. The summed E-state index contributed by atoms with van der Waals surface area (Å²) in [6, 6.07) is 15.5. The highest BCUT2D eigenvalue weighted by Gasteiger charge is 2.35. The minimum atomic E-state index is -1.08. The molecule has 9 heteroatoms. The number of anilines is 3. The molecule has 0 aromatic heterocycles. The van der Waals surface area contributed by atoms with Crippen LogP contribution in [-0.2, 0) is 4.65 Å². The van der Waals surface area contributed by atoms with E-state index in [2.05, 4.69) is 0 Å². The minimum Gasteiger partial charge on any atom is -0.503 e. The van der Waals surface area contributed by atoms with Gasteiger partial charge in [-0.15, -0.1) is 0 Å². The van der Waals surface area contributed by atoms with E-state index in [9.17, 15) is 30.6 Å². The van der Waals surface area contributed by atoms with E-state index in [4.69, 9.17) is 4.65 Å². The molecule has 8 nitrogen and oxygen atoms in total. The highest BCUT2D eigenvalue weighted by atomic mass is 16.5. The summed E-state index contributed by atoms with van der Waals surface area (Å²) < 4.78 is 5.77. The van der Waals surface area contributed by atoms with Gasteiger partial charge in [0.25, 0.3) is 0 Å². The lowest BCUT2D eigenvalue weighted by atomic mass is 9.82. The number of benzene rings is 3. The van der Waals surface area contributed by atoms with Crippen molar-refractivity contribution in [1.82, 2.24) is 0 Å². The molecule has 1 radical (unpaired) electrons. The monoisotopic (exact) mass is 452 g/mol. The second kappa shape index (κ2) is 8.76. The van der Waals surface area contributed by atoms with E-state index in [-0.39, 0.29) is 5.69 Å². The summed E-state index contributed by atoms with van der Waals surface area (Å²) >= 11 is 0. The van der Waals surface area contributed by atoms with Crippen LogP contribution in [0.1, 0.15) is 27.7 Å². The van der Waals surface area contributed by atoms with Crippen LogP contribution in [0.2, 0.25) is 0 Å². The van der Waals surface area contributed by atoms with E-state index in [0.29, 0.717) is 16.8 Å². The van der Waals surface area contributed by atoms with Gasteiger partial charge in [0.05, 0.1) is 11.2 Å². The van der Waals surface area contributed by atoms with Crippen molar-refractivity contribution in [3.05, 3.63) is 54.6 Å². The summed E-state index contributed by atoms with van der Waals surface area (Å²) in [5.74, 6) is -4.57. The standard InChI is InChI=1S/C24H27BNO7/c1-23(2,32)24(3,4)33-25-14-10-12-16(13-11-14)26(15-8-6-5-7-9-15)17-18(27)20(29)22(31)21(30)19(17)28/h5-13,27-32H,1-4H3. The van der Waals surface area contributed by atoms with Crippen molar-refractivity contribution in [3.8, 4) is 28.7 Å². The van der Waals surface area contributed by atoms with Gasteiger partial charge >= 0.3 is 7.48 Å². The number of para-hydroxylation sites is 1. The Morgan fingerprint density at radius 2 is 1.12 bits per heavy atom. The van der Waals surface area contributed by atoms with Crippen LogP contribution in [0.15, 0.2) is 54.6 Å². The summed E-state index contributed by atoms with van der Waals surface area (Å²) in [5.41, 5.74) is -0.579. The molecule has 0 bridgehead atoms. The minimum absolute atomic E-state index is 0.315. The molecular weight excluding hydrogens is 425 g/mol. The van der Waals surface area contributed by atoms with Crippen LogP contribution in [0.3, 0.4) is 0 Å². The van der Waals surface area contributed by atoms with Gasteiger partial charge in [-0.2, -0.15) is 0 Å². The lowest BCUT2D eigenvalue weighted by molar-refractivity contribution is -0.0893. The molecule has 0 atom stereocenters. The molecular formula is C24H27BNO7. The maximum absolute atomic E-state index is 10.5. The Bertz CT molecular complexity index is 1100. The van der Waals surface area contributed by atoms with Crippen molar-refractivity contribution in [1.29, 1.82) is 0 Å². The normalized spacial score (nSPS) is 11.9. The highest BCUT2D eigenvalue weighted by Crippen LogP contribution is 2.57. The summed E-state index contributed by atoms with van der Waals surface area (Å²) in [5, 5.41) is 61.1. The second-order valence-electron chi connectivity index (χ2n) is 8.66. The number of phenols is 5. The molecule has 0 unspecified atom stereocenters. The van der Waals surface area contributed by atoms with Crippen LogP contribution in [0.5, 0.6) is 28.7 Å². The molecule has 0 aliphatic heterocycles. The molecule has 33 heavy (non-hydrogen) atoms. The van der Waals surface area contributed by atoms with E-state index < -0.39 is 39.9 Å². The molecule has 0 saturated heterocycles. The van der Waals surface area contributed by atoms with Crippen molar-refractivity contribution in [2.24, 2.45) is 0 Å². The third-order valence-electron chi connectivity index (χ3n) is 5.70. The molecule has 0 saturated carbocycles. The molecule has 3 aromatic carbocycles. The smallest absolute Gasteiger partial charge is 0.330 e. The topological polar surface area (TPSA) is 134 Å². The fourth-order valence-electron chi connectivity index (χ4n) is 2.93.